The molecule has 0 bridgehead atoms. The molecule has 0 aromatic carbocycles. The van der Waals surface area contributed by atoms with Crippen molar-refractivity contribution in [2.24, 2.45) is 17.3 Å². The highest BCUT2D eigenvalue weighted by molar-refractivity contribution is 7.91. The minimum atomic E-state index is -3.95. The Kier molecular flexibility index (Phi) is 10.1. The number of pyridine rings is 2. The number of aromatic nitrogens is 2. The molecule has 5 heterocycles. The molecule has 2 amide bonds. The maximum Gasteiger partial charge on any atom is 0.307 e. The summed E-state index contributed by atoms with van der Waals surface area (Å²) < 4.78 is 45.8. The summed E-state index contributed by atoms with van der Waals surface area (Å²) in [5, 5.41) is 0. The SMILES string of the molecule is COc1ccc2nc(C)c3c(c2n1)CC[C@]1(C[C@H]2C(=O)C[C@]4(C(=O)NS(=O)(=O)C5(C)CC5)C[C@H]4/C=C\CCCCC[C@H](CC(=O)OC(C)(C)C)C(=O)N2C1)O3. The second kappa shape index (κ2) is 14.1. The molecule has 14 heteroatoms. The van der Waals surface area contributed by atoms with Crippen LogP contribution < -0.4 is 14.2 Å². The Hall–Kier alpha value is -4.07. The highest BCUT2D eigenvalue weighted by Crippen LogP contribution is 2.58. The van der Waals surface area contributed by atoms with Gasteiger partial charge in [0.2, 0.25) is 27.7 Å². The van der Waals surface area contributed by atoms with Gasteiger partial charge >= 0.3 is 5.97 Å². The number of amides is 2. The van der Waals surface area contributed by atoms with Crippen LogP contribution in [0.25, 0.3) is 11.0 Å². The number of sulfonamides is 1. The number of hydrogen-bond donors (Lipinski definition) is 1. The van der Waals surface area contributed by atoms with E-state index in [1.807, 2.05) is 25.1 Å². The fourth-order valence-electron chi connectivity index (χ4n) is 8.70. The Morgan fingerprint density at radius 3 is 2.55 bits per heavy atom. The Balaban J connectivity index is 1.24. The number of hydrogen-bond acceptors (Lipinski definition) is 11. The summed E-state index contributed by atoms with van der Waals surface area (Å²) in [6, 6.07) is 2.66. The van der Waals surface area contributed by atoms with Gasteiger partial charge in [-0.05, 0) is 98.0 Å². The van der Waals surface area contributed by atoms with Crippen LogP contribution in [0, 0.1) is 24.2 Å². The fraction of sp³-hybridized carbons (Fsp3) is 0.659. The van der Waals surface area contributed by atoms with Gasteiger partial charge in [0.25, 0.3) is 0 Å². The van der Waals surface area contributed by atoms with Gasteiger partial charge in [-0.2, -0.15) is 0 Å². The number of methoxy groups -OCH3 is 1. The Bertz CT molecular complexity index is 2060. The van der Waals surface area contributed by atoms with Crippen LogP contribution in [0.5, 0.6) is 11.6 Å². The number of nitrogens with zero attached hydrogens (tertiary/aromatic N) is 3. The molecule has 2 aromatic heterocycles. The van der Waals surface area contributed by atoms with Gasteiger partial charge in [-0.3, -0.25) is 23.9 Å². The summed E-state index contributed by atoms with van der Waals surface area (Å²) >= 11 is 0. The number of fused-ring (bicyclic) bond motifs is 5. The number of aryl methyl sites for hydroxylation is 2. The summed E-state index contributed by atoms with van der Waals surface area (Å²) in [6.45, 7) is 8.94. The molecule has 298 valence electrons. The summed E-state index contributed by atoms with van der Waals surface area (Å²) in [6.07, 6.45) is 9.63. The van der Waals surface area contributed by atoms with Crippen molar-refractivity contribution in [3.63, 3.8) is 0 Å². The first-order valence-electron chi connectivity index (χ1n) is 19.7. The Labute approximate surface area is 323 Å². The second-order valence-electron chi connectivity index (χ2n) is 17.7. The van der Waals surface area contributed by atoms with Crippen molar-refractivity contribution < 1.29 is 41.8 Å². The topological polar surface area (TPSA) is 171 Å². The minimum absolute atomic E-state index is 0.102. The lowest BCUT2D eigenvalue weighted by atomic mass is 9.85. The Morgan fingerprint density at radius 2 is 1.84 bits per heavy atom. The van der Waals surface area contributed by atoms with Crippen molar-refractivity contribution >= 4 is 44.6 Å². The molecule has 2 aromatic rings. The van der Waals surface area contributed by atoms with Crippen molar-refractivity contribution in [1.82, 2.24) is 19.6 Å². The lowest BCUT2D eigenvalue weighted by Gasteiger charge is -2.36. The number of ether oxygens (including phenoxy) is 3. The zero-order valence-electron chi connectivity index (χ0n) is 32.9. The van der Waals surface area contributed by atoms with Crippen molar-refractivity contribution in [3.05, 3.63) is 35.5 Å². The molecule has 3 fully saturated rings. The van der Waals surface area contributed by atoms with E-state index in [-0.39, 0.29) is 43.4 Å². The van der Waals surface area contributed by atoms with E-state index >= 15 is 0 Å². The molecule has 5 aliphatic rings. The van der Waals surface area contributed by atoms with Crippen molar-refractivity contribution in [1.29, 1.82) is 0 Å². The molecule has 2 aliphatic carbocycles. The first kappa shape index (κ1) is 39.2. The highest BCUT2D eigenvalue weighted by Gasteiger charge is 2.63. The summed E-state index contributed by atoms with van der Waals surface area (Å²) in [5.74, 6) is -1.82. The molecule has 13 nitrogen and oxygen atoms in total. The number of rotatable bonds is 6. The first-order valence-corrected chi connectivity index (χ1v) is 21.2. The lowest BCUT2D eigenvalue weighted by molar-refractivity contribution is -0.159. The summed E-state index contributed by atoms with van der Waals surface area (Å²) in [7, 11) is -2.39. The number of allylic oxidation sites excluding steroid dienone is 2. The van der Waals surface area contributed by atoms with Crippen LogP contribution >= 0.6 is 0 Å². The van der Waals surface area contributed by atoms with Gasteiger partial charge in [0.1, 0.15) is 17.0 Å². The van der Waals surface area contributed by atoms with Gasteiger partial charge in [0.05, 0.1) is 53.0 Å². The molecule has 55 heavy (non-hydrogen) atoms. The monoisotopic (exact) mass is 778 g/mol. The largest absolute Gasteiger partial charge is 0.483 e. The molecule has 3 aliphatic heterocycles. The lowest BCUT2D eigenvalue weighted by Crippen LogP contribution is -2.48. The smallest absolute Gasteiger partial charge is 0.307 e. The van der Waals surface area contributed by atoms with Gasteiger partial charge in [0, 0.05) is 30.4 Å². The third-order valence-electron chi connectivity index (χ3n) is 12.3. The van der Waals surface area contributed by atoms with Crippen molar-refractivity contribution in [2.45, 2.75) is 140 Å². The average molecular weight is 779 g/mol. The highest BCUT2D eigenvalue weighted by atomic mass is 32.2. The normalized spacial score (nSPS) is 29.9. The van der Waals surface area contributed by atoms with E-state index in [4.69, 9.17) is 19.2 Å². The molecule has 7 rings (SSSR count). The fourth-order valence-corrected chi connectivity index (χ4v) is 10.0. The van der Waals surface area contributed by atoms with Crippen molar-refractivity contribution in [3.8, 4) is 11.6 Å². The Morgan fingerprint density at radius 1 is 1.07 bits per heavy atom. The van der Waals surface area contributed by atoms with E-state index in [0.29, 0.717) is 73.3 Å². The van der Waals surface area contributed by atoms with E-state index in [9.17, 15) is 27.6 Å². The third-order valence-corrected chi connectivity index (χ3v) is 14.5. The second-order valence-corrected chi connectivity index (χ2v) is 19.9. The van der Waals surface area contributed by atoms with Crippen LogP contribution in [0.15, 0.2) is 24.3 Å². The van der Waals surface area contributed by atoms with Gasteiger partial charge in [-0.15, -0.1) is 0 Å². The minimum Gasteiger partial charge on any atom is -0.483 e. The van der Waals surface area contributed by atoms with E-state index in [1.165, 1.54) is 0 Å². The van der Waals surface area contributed by atoms with Gasteiger partial charge in [0.15, 0.2) is 5.78 Å². The average Bonchev–Trinajstić information content (AvgIpc) is 4.01. The first-order chi connectivity index (χ1) is 25.9. The predicted molar refractivity (Wildman–Crippen MR) is 204 cm³/mol. The van der Waals surface area contributed by atoms with Crippen molar-refractivity contribution in [2.75, 3.05) is 13.7 Å². The van der Waals surface area contributed by atoms with Gasteiger partial charge < -0.3 is 19.1 Å². The molecular formula is C41H54N4O9S. The van der Waals surface area contributed by atoms with E-state index in [0.717, 1.165) is 24.8 Å². The van der Waals surface area contributed by atoms with Crippen LogP contribution in [-0.2, 0) is 40.4 Å². The van der Waals surface area contributed by atoms with Gasteiger partial charge in [-0.1, -0.05) is 25.0 Å². The number of ketones is 1. The summed E-state index contributed by atoms with van der Waals surface area (Å²) in [5.41, 5.74) is -0.0230. The number of nitrogens with one attached hydrogen (secondary N) is 1. The third kappa shape index (κ3) is 7.72. The molecule has 0 unspecified atom stereocenters. The van der Waals surface area contributed by atoms with Gasteiger partial charge in [-0.25, -0.2) is 18.4 Å². The maximum atomic E-state index is 14.8. The number of Topliss-reactive ketones (excluding diaryl/α,β-unsaturated/α-hetero) is 1. The van der Waals surface area contributed by atoms with Crippen LogP contribution in [-0.4, -0.2) is 82.5 Å². The quantitative estimate of drug-likeness (QED) is 0.292. The molecule has 1 N–H and O–H groups in total. The van der Waals surface area contributed by atoms with Crippen LogP contribution in [0.1, 0.15) is 116 Å². The molecule has 5 atom stereocenters. The molecule has 2 saturated carbocycles. The van der Waals surface area contributed by atoms with Crippen LogP contribution in [0.2, 0.25) is 0 Å². The molecule has 1 saturated heterocycles. The molecular weight excluding hydrogens is 725 g/mol. The van der Waals surface area contributed by atoms with Crippen LogP contribution in [0.3, 0.4) is 0 Å². The number of carbonyl (C=O) groups is 4. The standard InChI is InChI=1S/C41H54N4O9S/c1-25-35-28(34-29(42-25)14-15-32(43-34)52-6)16-17-40(54-35)22-30-31(46)23-41(37(49)44-55(50,51)39(5)18-19-39)21-27(41)13-11-9-7-8-10-12-26(36(48)45(30)24-40)20-33(47)53-38(2,3)4/h11,13-15,26-27,30H,7-10,12,16-24H2,1-6H3,(H,44,49)/b13-11-/t26-,27-,30+,40-,41-/m1/s1. The van der Waals surface area contributed by atoms with E-state index < -0.39 is 55.2 Å². The predicted octanol–water partition coefficient (Wildman–Crippen LogP) is 5.44. The van der Waals surface area contributed by atoms with E-state index in [2.05, 4.69) is 9.71 Å². The number of esters is 1. The zero-order valence-corrected chi connectivity index (χ0v) is 33.7. The van der Waals surface area contributed by atoms with E-state index in [1.54, 1.807) is 45.8 Å². The van der Waals surface area contributed by atoms with Crippen LogP contribution in [0.4, 0.5) is 0 Å². The molecule has 1 spiro atoms. The molecule has 0 radical (unpaired) electrons. The number of carbonyl (C=O) groups excluding carboxylic acids is 4. The summed E-state index contributed by atoms with van der Waals surface area (Å²) in [4.78, 5) is 67.8. The maximum absolute atomic E-state index is 14.8. The zero-order chi connectivity index (χ0) is 39.6.